The highest BCUT2D eigenvalue weighted by molar-refractivity contribution is 5.79. The highest BCUT2D eigenvalue weighted by Crippen LogP contribution is 2.30. The summed E-state index contributed by atoms with van der Waals surface area (Å²) in [5, 5.41) is 0. The Morgan fingerprint density at radius 1 is 1.05 bits per heavy atom. The molecule has 1 aliphatic carbocycles. The van der Waals surface area contributed by atoms with E-state index in [2.05, 4.69) is 37.6 Å². The quantitative estimate of drug-likeness (QED) is 0.779. The van der Waals surface area contributed by atoms with Crippen molar-refractivity contribution in [3.05, 3.63) is 0 Å². The Kier molecular flexibility index (Phi) is 4.51. The van der Waals surface area contributed by atoms with Gasteiger partial charge in [-0.3, -0.25) is 9.69 Å². The smallest absolute Gasteiger partial charge is 0.225 e. The van der Waals surface area contributed by atoms with Crippen LogP contribution in [0.2, 0.25) is 0 Å². The van der Waals surface area contributed by atoms with Gasteiger partial charge in [0.2, 0.25) is 5.91 Å². The van der Waals surface area contributed by atoms with Gasteiger partial charge in [-0.15, -0.1) is 0 Å². The zero-order valence-electron chi connectivity index (χ0n) is 12.8. The molecule has 1 saturated heterocycles. The molecular formula is C15H29N3O. The zero-order valence-corrected chi connectivity index (χ0v) is 12.8. The molecule has 0 aromatic rings. The Balaban J connectivity index is 1.99. The van der Waals surface area contributed by atoms with Gasteiger partial charge in [0, 0.05) is 37.1 Å². The Morgan fingerprint density at radius 2 is 1.63 bits per heavy atom. The molecule has 2 rings (SSSR count). The van der Waals surface area contributed by atoms with Crippen LogP contribution in [0.4, 0.5) is 0 Å². The van der Waals surface area contributed by atoms with Crippen LogP contribution < -0.4 is 5.73 Å². The van der Waals surface area contributed by atoms with Crippen molar-refractivity contribution in [2.24, 2.45) is 17.6 Å². The minimum atomic E-state index is 0.154. The summed E-state index contributed by atoms with van der Waals surface area (Å²) in [6.07, 6.45) is 2.96. The first-order valence-electron chi connectivity index (χ1n) is 7.64. The lowest BCUT2D eigenvalue weighted by molar-refractivity contribution is -0.141. The predicted octanol–water partition coefficient (Wildman–Crippen LogP) is 1.30. The summed E-state index contributed by atoms with van der Waals surface area (Å²) in [6.45, 7) is 8.34. The molecule has 19 heavy (non-hydrogen) atoms. The Bertz CT molecular complexity index is 311. The maximum absolute atomic E-state index is 12.7. The van der Waals surface area contributed by atoms with Crippen molar-refractivity contribution in [3.63, 3.8) is 0 Å². The van der Waals surface area contributed by atoms with Crippen LogP contribution in [0.1, 0.15) is 40.0 Å². The molecule has 0 radical (unpaired) electrons. The molecule has 1 heterocycles. The molecule has 0 aromatic heterocycles. The van der Waals surface area contributed by atoms with E-state index in [1.807, 2.05) is 0 Å². The molecule has 2 N–H and O–H groups in total. The first-order chi connectivity index (χ1) is 8.88. The molecule has 1 amide bonds. The topological polar surface area (TPSA) is 49.6 Å². The summed E-state index contributed by atoms with van der Waals surface area (Å²) in [5.41, 5.74) is 6.08. The maximum Gasteiger partial charge on any atom is 0.225 e. The molecule has 5 atom stereocenters. The molecule has 5 unspecified atom stereocenters. The summed E-state index contributed by atoms with van der Waals surface area (Å²) in [7, 11) is 2.15. The largest absolute Gasteiger partial charge is 0.339 e. The van der Waals surface area contributed by atoms with Crippen LogP contribution in [0, 0.1) is 11.8 Å². The lowest BCUT2D eigenvalue weighted by Crippen LogP contribution is -2.58. The SMILES string of the molecule is CC1CC(N)CC(C(=O)N2CC(C)N(C)C(C)C2)C1. The van der Waals surface area contributed by atoms with Crippen molar-refractivity contribution >= 4 is 5.91 Å². The van der Waals surface area contributed by atoms with Gasteiger partial charge in [0.25, 0.3) is 0 Å². The number of amides is 1. The second-order valence-electron chi connectivity index (χ2n) is 6.88. The molecule has 0 bridgehead atoms. The molecule has 110 valence electrons. The van der Waals surface area contributed by atoms with E-state index in [0.717, 1.165) is 32.4 Å². The third kappa shape index (κ3) is 3.29. The van der Waals surface area contributed by atoms with Gasteiger partial charge in [-0.05, 0) is 46.1 Å². The fraction of sp³-hybridized carbons (Fsp3) is 0.933. The van der Waals surface area contributed by atoms with E-state index < -0.39 is 0 Å². The molecule has 4 nitrogen and oxygen atoms in total. The third-order valence-electron chi connectivity index (χ3n) is 5.00. The summed E-state index contributed by atoms with van der Waals surface area (Å²) < 4.78 is 0. The zero-order chi connectivity index (χ0) is 14.2. The third-order valence-corrected chi connectivity index (χ3v) is 5.00. The van der Waals surface area contributed by atoms with Gasteiger partial charge in [0.1, 0.15) is 0 Å². The minimum absolute atomic E-state index is 0.154. The first-order valence-corrected chi connectivity index (χ1v) is 7.64. The summed E-state index contributed by atoms with van der Waals surface area (Å²) >= 11 is 0. The van der Waals surface area contributed by atoms with Gasteiger partial charge >= 0.3 is 0 Å². The van der Waals surface area contributed by atoms with Gasteiger partial charge in [-0.1, -0.05) is 6.92 Å². The number of carbonyl (C=O) groups is 1. The van der Waals surface area contributed by atoms with Crippen molar-refractivity contribution in [1.82, 2.24) is 9.80 Å². The van der Waals surface area contributed by atoms with Crippen LogP contribution in [-0.2, 0) is 4.79 Å². The van der Waals surface area contributed by atoms with Crippen molar-refractivity contribution in [2.75, 3.05) is 20.1 Å². The van der Waals surface area contributed by atoms with Crippen molar-refractivity contribution in [2.45, 2.75) is 58.2 Å². The summed E-state index contributed by atoms with van der Waals surface area (Å²) in [4.78, 5) is 17.1. The minimum Gasteiger partial charge on any atom is -0.339 e. The molecule has 4 heteroatoms. The summed E-state index contributed by atoms with van der Waals surface area (Å²) in [6, 6.07) is 1.10. The Morgan fingerprint density at radius 3 is 2.16 bits per heavy atom. The molecular weight excluding hydrogens is 238 g/mol. The van der Waals surface area contributed by atoms with Gasteiger partial charge in [-0.25, -0.2) is 0 Å². The van der Waals surface area contributed by atoms with Crippen molar-refractivity contribution in [1.29, 1.82) is 0 Å². The predicted molar refractivity (Wildman–Crippen MR) is 77.7 cm³/mol. The lowest BCUT2D eigenvalue weighted by atomic mass is 9.79. The molecule has 0 spiro atoms. The van der Waals surface area contributed by atoms with E-state index >= 15 is 0 Å². The van der Waals surface area contributed by atoms with Crippen LogP contribution in [0.15, 0.2) is 0 Å². The first kappa shape index (κ1) is 14.8. The standard InChI is InChI=1S/C15H29N3O/c1-10-5-13(7-14(16)6-10)15(19)18-8-11(2)17(4)12(3)9-18/h10-14H,5-9,16H2,1-4H3. The van der Waals surface area contributed by atoms with Gasteiger partial charge in [0.15, 0.2) is 0 Å². The number of rotatable bonds is 1. The number of hydrogen-bond acceptors (Lipinski definition) is 3. The van der Waals surface area contributed by atoms with Crippen LogP contribution in [0.3, 0.4) is 0 Å². The van der Waals surface area contributed by atoms with Crippen LogP contribution in [-0.4, -0.2) is 54.0 Å². The normalized spacial score (nSPS) is 41.3. The van der Waals surface area contributed by atoms with E-state index in [1.54, 1.807) is 0 Å². The summed E-state index contributed by atoms with van der Waals surface area (Å²) in [5.74, 6) is 1.08. The average Bonchev–Trinajstić information content (AvgIpc) is 2.33. The number of likely N-dealkylation sites (N-methyl/N-ethyl adjacent to an activating group) is 1. The second kappa shape index (κ2) is 5.80. The van der Waals surface area contributed by atoms with Gasteiger partial charge < -0.3 is 10.6 Å². The lowest BCUT2D eigenvalue weighted by Gasteiger charge is -2.44. The number of hydrogen-bond donors (Lipinski definition) is 1. The Hall–Kier alpha value is -0.610. The van der Waals surface area contributed by atoms with E-state index in [4.69, 9.17) is 5.73 Å². The van der Waals surface area contributed by atoms with E-state index in [1.165, 1.54) is 0 Å². The fourth-order valence-electron chi connectivity index (χ4n) is 3.70. The van der Waals surface area contributed by atoms with Crippen LogP contribution >= 0.6 is 0 Å². The van der Waals surface area contributed by atoms with Gasteiger partial charge in [-0.2, -0.15) is 0 Å². The number of piperazine rings is 1. The number of nitrogens with zero attached hydrogens (tertiary/aromatic N) is 2. The van der Waals surface area contributed by atoms with E-state index in [-0.39, 0.29) is 12.0 Å². The second-order valence-corrected chi connectivity index (χ2v) is 6.88. The fourth-order valence-corrected chi connectivity index (χ4v) is 3.70. The van der Waals surface area contributed by atoms with Crippen molar-refractivity contribution < 1.29 is 4.79 Å². The highest BCUT2D eigenvalue weighted by atomic mass is 16.2. The highest BCUT2D eigenvalue weighted by Gasteiger charge is 2.35. The number of carbonyl (C=O) groups excluding carboxylic acids is 1. The maximum atomic E-state index is 12.7. The van der Waals surface area contributed by atoms with Crippen molar-refractivity contribution in [3.8, 4) is 0 Å². The van der Waals surface area contributed by atoms with E-state index in [0.29, 0.717) is 23.9 Å². The molecule has 2 aliphatic rings. The monoisotopic (exact) mass is 267 g/mol. The molecule has 2 fully saturated rings. The molecule has 1 saturated carbocycles. The van der Waals surface area contributed by atoms with E-state index in [9.17, 15) is 4.79 Å². The van der Waals surface area contributed by atoms with Crippen LogP contribution in [0.5, 0.6) is 0 Å². The Labute approximate surface area is 117 Å². The number of nitrogens with two attached hydrogens (primary N) is 1. The molecule has 1 aliphatic heterocycles. The van der Waals surface area contributed by atoms with Crippen LogP contribution in [0.25, 0.3) is 0 Å². The average molecular weight is 267 g/mol. The molecule has 0 aromatic carbocycles. The van der Waals surface area contributed by atoms with Gasteiger partial charge in [0.05, 0.1) is 0 Å².